The molecule has 0 aromatic heterocycles. The molecule has 84 valence electrons. The van der Waals surface area contributed by atoms with Gasteiger partial charge in [0, 0.05) is 0 Å². The standard InChI is InChI=1S/C13H26O/c1-4-8-12(3)10-6-7-11-13(12,14)9-5-2/h14H,4-11H2,1-3H3. The smallest absolute Gasteiger partial charge is 0.0701 e. The predicted octanol–water partition coefficient (Wildman–Crippen LogP) is 3.90. The van der Waals surface area contributed by atoms with Crippen LogP contribution in [0.15, 0.2) is 0 Å². The molecule has 14 heavy (non-hydrogen) atoms. The molecule has 0 heterocycles. The summed E-state index contributed by atoms with van der Waals surface area (Å²) in [5.41, 5.74) is -0.175. The molecule has 0 radical (unpaired) electrons. The van der Waals surface area contributed by atoms with Gasteiger partial charge < -0.3 is 5.11 Å². The maximum Gasteiger partial charge on any atom is 0.0701 e. The SMILES string of the molecule is CCCC1(C)CCCCC1(O)CCC. The zero-order valence-corrected chi connectivity index (χ0v) is 10.1. The van der Waals surface area contributed by atoms with Gasteiger partial charge in [0.05, 0.1) is 5.60 Å². The van der Waals surface area contributed by atoms with E-state index in [1.165, 1.54) is 32.1 Å². The summed E-state index contributed by atoms with van der Waals surface area (Å²) in [6, 6.07) is 0. The molecule has 0 aliphatic heterocycles. The Bertz CT molecular complexity index is 150. The highest BCUT2D eigenvalue weighted by molar-refractivity contribution is 4.98. The van der Waals surface area contributed by atoms with Crippen LogP contribution in [0.25, 0.3) is 0 Å². The lowest BCUT2D eigenvalue weighted by atomic mass is 9.60. The van der Waals surface area contributed by atoms with Crippen molar-refractivity contribution >= 4 is 0 Å². The zero-order valence-electron chi connectivity index (χ0n) is 10.1. The minimum atomic E-state index is -0.365. The quantitative estimate of drug-likeness (QED) is 0.726. The van der Waals surface area contributed by atoms with Crippen molar-refractivity contribution in [2.24, 2.45) is 5.41 Å². The van der Waals surface area contributed by atoms with Crippen LogP contribution in [0.1, 0.15) is 72.1 Å². The summed E-state index contributed by atoms with van der Waals surface area (Å²) in [4.78, 5) is 0. The Morgan fingerprint density at radius 1 is 1.00 bits per heavy atom. The highest BCUT2D eigenvalue weighted by Gasteiger charge is 2.46. The normalized spacial score (nSPS) is 38.6. The van der Waals surface area contributed by atoms with Crippen LogP contribution in [-0.2, 0) is 0 Å². The number of rotatable bonds is 4. The molecule has 2 unspecified atom stereocenters. The molecule has 1 nitrogen and oxygen atoms in total. The van der Waals surface area contributed by atoms with E-state index in [4.69, 9.17) is 0 Å². The number of aliphatic hydroxyl groups is 1. The van der Waals surface area contributed by atoms with Gasteiger partial charge in [0.15, 0.2) is 0 Å². The zero-order chi connectivity index (χ0) is 10.7. The van der Waals surface area contributed by atoms with Crippen molar-refractivity contribution in [3.8, 4) is 0 Å². The molecule has 1 fully saturated rings. The van der Waals surface area contributed by atoms with Crippen molar-refractivity contribution in [2.75, 3.05) is 0 Å². The fraction of sp³-hybridized carbons (Fsp3) is 1.00. The van der Waals surface area contributed by atoms with E-state index in [0.29, 0.717) is 0 Å². The largest absolute Gasteiger partial charge is 0.389 e. The van der Waals surface area contributed by atoms with Gasteiger partial charge in [-0.25, -0.2) is 0 Å². The first-order valence-corrected chi connectivity index (χ1v) is 6.30. The summed E-state index contributed by atoms with van der Waals surface area (Å²) in [6.45, 7) is 6.70. The Kier molecular flexibility index (Phi) is 4.00. The Labute approximate surface area is 88.9 Å². The topological polar surface area (TPSA) is 20.2 Å². The molecule has 0 spiro atoms. The van der Waals surface area contributed by atoms with Gasteiger partial charge >= 0.3 is 0 Å². The lowest BCUT2D eigenvalue weighted by Crippen LogP contribution is -2.48. The summed E-state index contributed by atoms with van der Waals surface area (Å²) in [7, 11) is 0. The summed E-state index contributed by atoms with van der Waals surface area (Å²) in [5, 5.41) is 10.7. The van der Waals surface area contributed by atoms with Gasteiger partial charge in [-0.3, -0.25) is 0 Å². The Morgan fingerprint density at radius 2 is 1.57 bits per heavy atom. The van der Waals surface area contributed by atoms with Crippen LogP contribution in [0, 0.1) is 5.41 Å². The van der Waals surface area contributed by atoms with Crippen molar-refractivity contribution in [1.29, 1.82) is 0 Å². The summed E-state index contributed by atoms with van der Waals surface area (Å²) in [6.07, 6.45) is 9.25. The third-order valence-corrected chi connectivity index (χ3v) is 4.16. The average molecular weight is 198 g/mol. The van der Waals surface area contributed by atoms with Crippen molar-refractivity contribution in [2.45, 2.75) is 77.7 Å². The minimum Gasteiger partial charge on any atom is -0.389 e. The lowest BCUT2D eigenvalue weighted by molar-refractivity contribution is -0.116. The maximum absolute atomic E-state index is 10.7. The van der Waals surface area contributed by atoms with Gasteiger partial charge in [-0.1, -0.05) is 46.5 Å². The molecule has 1 aliphatic rings. The van der Waals surface area contributed by atoms with Crippen LogP contribution in [-0.4, -0.2) is 10.7 Å². The third-order valence-electron chi connectivity index (χ3n) is 4.16. The molecule has 0 bridgehead atoms. The predicted molar refractivity (Wildman–Crippen MR) is 61.3 cm³/mol. The third kappa shape index (κ3) is 2.13. The molecule has 1 aliphatic carbocycles. The van der Waals surface area contributed by atoms with E-state index >= 15 is 0 Å². The molecule has 0 aromatic carbocycles. The van der Waals surface area contributed by atoms with Crippen molar-refractivity contribution in [3.05, 3.63) is 0 Å². The van der Waals surface area contributed by atoms with Crippen molar-refractivity contribution in [1.82, 2.24) is 0 Å². The Balaban J connectivity index is 2.75. The second kappa shape index (κ2) is 4.65. The summed E-state index contributed by atoms with van der Waals surface area (Å²) < 4.78 is 0. The molecule has 1 N–H and O–H groups in total. The van der Waals surface area contributed by atoms with Gasteiger partial charge in [0.2, 0.25) is 0 Å². The van der Waals surface area contributed by atoms with Crippen LogP contribution in [0.5, 0.6) is 0 Å². The average Bonchev–Trinajstić information content (AvgIpc) is 2.12. The van der Waals surface area contributed by atoms with Gasteiger partial charge in [-0.05, 0) is 31.1 Å². The highest BCUT2D eigenvalue weighted by Crippen LogP contribution is 2.49. The van der Waals surface area contributed by atoms with Crippen LogP contribution in [0.2, 0.25) is 0 Å². The van der Waals surface area contributed by atoms with Crippen LogP contribution >= 0.6 is 0 Å². The van der Waals surface area contributed by atoms with Crippen LogP contribution < -0.4 is 0 Å². The first-order chi connectivity index (χ1) is 6.58. The second-order valence-electron chi connectivity index (χ2n) is 5.30. The van der Waals surface area contributed by atoms with E-state index in [-0.39, 0.29) is 11.0 Å². The highest BCUT2D eigenvalue weighted by atomic mass is 16.3. The molecule has 0 aromatic rings. The van der Waals surface area contributed by atoms with Crippen molar-refractivity contribution in [3.63, 3.8) is 0 Å². The molecular formula is C13H26O. The van der Waals surface area contributed by atoms with E-state index < -0.39 is 0 Å². The van der Waals surface area contributed by atoms with Gasteiger partial charge in [-0.2, -0.15) is 0 Å². The van der Waals surface area contributed by atoms with Crippen LogP contribution in [0.4, 0.5) is 0 Å². The van der Waals surface area contributed by atoms with Crippen molar-refractivity contribution < 1.29 is 5.11 Å². The van der Waals surface area contributed by atoms with E-state index in [1.54, 1.807) is 0 Å². The number of hydrogen-bond donors (Lipinski definition) is 1. The lowest BCUT2D eigenvalue weighted by Gasteiger charge is -2.49. The van der Waals surface area contributed by atoms with Crippen LogP contribution in [0.3, 0.4) is 0 Å². The van der Waals surface area contributed by atoms with Gasteiger partial charge in [-0.15, -0.1) is 0 Å². The van der Waals surface area contributed by atoms with E-state index in [2.05, 4.69) is 20.8 Å². The molecular weight excluding hydrogens is 172 g/mol. The van der Waals surface area contributed by atoms with Gasteiger partial charge in [0.25, 0.3) is 0 Å². The Morgan fingerprint density at radius 3 is 2.14 bits per heavy atom. The first-order valence-electron chi connectivity index (χ1n) is 6.30. The Hall–Kier alpha value is -0.0400. The molecule has 0 saturated heterocycles. The molecule has 2 atom stereocenters. The molecule has 1 saturated carbocycles. The fourth-order valence-electron chi connectivity index (χ4n) is 3.22. The molecule has 1 heteroatoms. The van der Waals surface area contributed by atoms with E-state index in [9.17, 15) is 5.11 Å². The molecule has 0 amide bonds. The number of hydrogen-bond acceptors (Lipinski definition) is 1. The maximum atomic E-state index is 10.7. The first kappa shape index (κ1) is 12.0. The van der Waals surface area contributed by atoms with Gasteiger partial charge in [0.1, 0.15) is 0 Å². The molecule has 1 rings (SSSR count). The fourth-order valence-corrected chi connectivity index (χ4v) is 3.22. The minimum absolute atomic E-state index is 0.190. The summed E-state index contributed by atoms with van der Waals surface area (Å²) in [5.74, 6) is 0. The van der Waals surface area contributed by atoms with E-state index in [0.717, 1.165) is 19.3 Å². The van der Waals surface area contributed by atoms with E-state index in [1.807, 2.05) is 0 Å². The second-order valence-corrected chi connectivity index (χ2v) is 5.30. The summed E-state index contributed by atoms with van der Waals surface area (Å²) >= 11 is 0. The monoisotopic (exact) mass is 198 g/mol.